The molecule has 1 amide bonds. The van der Waals surface area contributed by atoms with Crippen LogP contribution >= 0.6 is 24.2 Å². The first-order valence-corrected chi connectivity index (χ1v) is 5.84. The number of nitrogens with one attached hydrogen (secondary N) is 2. The standard InChI is InChI=1S/C9H16N2OS.ClH/c1-2-7-8(12)11-9(13-7)3-5-10-6-4-9;/h7,10H,2-6H2,1H3,(H,11,12);1H/t7-;/m0./s1. The Morgan fingerprint density at radius 2 is 2.14 bits per heavy atom. The summed E-state index contributed by atoms with van der Waals surface area (Å²) in [4.78, 5) is 11.6. The van der Waals surface area contributed by atoms with Crippen LogP contribution in [0.25, 0.3) is 0 Å². The highest BCUT2D eigenvalue weighted by molar-refractivity contribution is 8.02. The summed E-state index contributed by atoms with van der Waals surface area (Å²) in [6.07, 6.45) is 3.09. The molecule has 2 aliphatic rings. The minimum atomic E-state index is 0. The minimum absolute atomic E-state index is 0. The molecule has 1 atom stereocenters. The van der Waals surface area contributed by atoms with Gasteiger partial charge in [0.05, 0.1) is 10.1 Å². The lowest BCUT2D eigenvalue weighted by Gasteiger charge is -2.32. The van der Waals surface area contributed by atoms with Gasteiger partial charge in [-0.1, -0.05) is 6.92 Å². The van der Waals surface area contributed by atoms with Gasteiger partial charge < -0.3 is 10.6 Å². The SMILES string of the molecule is CC[C@@H]1SC2(CCNCC2)NC1=O.Cl. The van der Waals surface area contributed by atoms with Crippen molar-refractivity contribution in [3.63, 3.8) is 0 Å². The van der Waals surface area contributed by atoms with E-state index in [0.29, 0.717) is 0 Å². The van der Waals surface area contributed by atoms with E-state index in [-0.39, 0.29) is 28.4 Å². The van der Waals surface area contributed by atoms with Crippen molar-refractivity contribution < 1.29 is 4.79 Å². The van der Waals surface area contributed by atoms with Gasteiger partial charge in [0.2, 0.25) is 5.91 Å². The van der Waals surface area contributed by atoms with Crippen molar-refractivity contribution >= 4 is 30.1 Å². The summed E-state index contributed by atoms with van der Waals surface area (Å²) in [7, 11) is 0. The van der Waals surface area contributed by atoms with Gasteiger partial charge in [-0.25, -0.2) is 0 Å². The Morgan fingerprint density at radius 3 is 2.64 bits per heavy atom. The zero-order valence-electron chi connectivity index (χ0n) is 8.34. The molecule has 0 bridgehead atoms. The second-order valence-electron chi connectivity index (χ2n) is 3.75. The Labute approximate surface area is 95.2 Å². The lowest BCUT2D eigenvalue weighted by molar-refractivity contribution is -0.120. The molecular weight excluding hydrogens is 220 g/mol. The number of halogens is 1. The molecule has 2 heterocycles. The van der Waals surface area contributed by atoms with Gasteiger partial charge in [0.25, 0.3) is 0 Å². The molecule has 3 nitrogen and oxygen atoms in total. The van der Waals surface area contributed by atoms with Crippen molar-refractivity contribution in [2.75, 3.05) is 13.1 Å². The third-order valence-corrected chi connectivity index (χ3v) is 4.59. The van der Waals surface area contributed by atoms with E-state index in [4.69, 9.17) is 0 Å². The van der Waals surface area contributed by atoms with Gasteiger partial charge in [-0.05, 0) is 32.4 Å². The van der Waals surface area contributed by atoms with Crippen LogP contribution in [0.2, 0.25) is 0 Å². The van der Waals surface area contributed by atoms with Crippen molar-refractivity contribution in [3.05, 3.63) is 0 Å². The maximum absolute atomic E-state index is 11.5. The van der Waals surface area contributed by atoms with Gasteiger partial charge in [0.15, 0.2) is 0 Å². The van der Waals surface area contributed by atoms with Crippen molar-refractivity contribution in [3.8, 4) is 0 Å². The highest BCUT2D eigenvalue weighted by Gasteiger charge is 2.44. The molecule has 5 heteroatoms. The predicted octanol–water partition coefficient (Wildman–Crippen LogP) is 1.13. The zero-order chi connectivity index (χ0) is 9.31. The van der Waals surface area contributed by atoms with Gasteiger partial charge in [-0.3, -0.25) is 4.79 Å². The van der Waals surface area contributed by atoms with E-state index in [0.717, 1.165) is 32.4 Å². The molecule has 2 rings (SSSR count). The molecule has 82 valence electrons. The smallest absolute Gasteiger partial charge is 0.234 e. The first kappa shape index (κ1) is 12.1. The molecule has 2 fully saturated rings. The van der Waals surface area contributed by atoms with Crippen LogP contribution in [-0.2, 0) is 4.79 Å². The highest BCUT2D eigenvalue weighted by atomic mass is 35.5. The molecule has 0 radical (unpaired) electrons. The van der Waals surface area contributed by atoms with Crippen LogP contribution in [0, 0.1) is 0 Å². The summed E-state index contributed by atoms with van der Waals surface area (Å²) in [5.74, 6) is 0.245. The maximum atomic E-state index is 11.5. The van der Waals surface area contributed by atoms with E-state index in [1.165, 1.54) is 0 Å². The summed E-state index contributed by atoms with van der Waals surface area (Å²) in [6.45, 7) is 4.14. The second-order valence-corrected chi connectivity index (χ2v) is 5.33. The van der Waals surface area contributed by atoms with Gasteiger partial charge >= 0.3 is 0 Å². The van der Waals surface area contributed by atoms with Crippen molar-refractivity contribution in [2.45, 2.75) is 36.3 Å². The summed E-state index contributed by atoms with van der Waals surface area (Å²) in [5.41, 5.74) is 0. The predicted molar refractivity (Wildman–Crippen MR) is 61.9 cm³/mol. The number of rotatable bonds is 1. The van der Waals surface area contributed by atoms with Crippen LogP contribution < -0.4 is 10.6 Å². The van der Waals surface area contributed by atoms with E-state index >= 15 is 0 Å². The van der Waals surface area contributed by atoms with Crippen LogP contribution in [0.3, 0.4) is 0 Å². The van der Waals surface area contributed by atoms with Crippen LogP contribution in [0.15, 0.2) is 0 Å². The number of hydrogen-bond acceptors (Lipinski definition) is 3. The number of thioether (sulfide) groups is 1. The summed E-state index contributed by atoms with van der Waals surface area (Å²) in [6, 6.07) is 0. The van der Waals surface area contributed by atoms with Crippen LogP contribution in [0.5, 0.6) is 0 Å². The lowest BCUT2D eigenvalue weighted by Crippen LogP contribution is -2.47. The summed E-state index contributed by atoms with van der Waals surface area (Å²) in [5, 5.41) is 6.67. The average Bonchev–Trinajstić information content (AvgIpc) is 2.44. The molecule has 2 aliphatic heterocycles. The van der Waals surface area contributed by atoms with E-state index < -0.39 is 0 Å². The fraction of sp³-hybridized carbons (Fsp3) is 0.889. The van der Waals surface area contributed by atoms with E-state index in [9.17, 15) is 4.79 Å². The number of hydrogen-bond donors (Lipinski definition) is 2. The van der Waals surface area contributed by atoms with Crippen molar-refractivity contribution in [1.82, 2.24) is 10.6 Å². The molecule has 0 aliphatic carbocycles. The molecule has 0 aromatic rings. The van der Waals surface area contributed by atoms with E-state index in [1.54, 1.807) is 0 Å². The van der Waals surface area contributed by atoms with Gasteiger partial charge in [0, 0.05) is 0 Å². The Morgan fingerprint density at radius 1 is 1.50 bits per heavy atom. The molecule has 0 unspecified atom stereocenters. The largest absolute Gasteiger partial charge is 0.341 e. The van der Waals surface area contributed by atoms with E-state index in [1.807, 2.05) is 11.8 Å². The number of amides is 1. The molecule has 0 aromatic heterocycles. The number of carbonyl (C=O) groups excluding carboxylic acids is 1. The first-order chi connectivity index (χ1) is 6.26. The first-order valence-electron chi connectivity index (χ1n) is 4.96. The molecule has 2 N–H and O–H groups in total. The average molecular weight is 237 g/mol. The molecule has 2 saturated heterocycles. The Balaban J connectivity index is 0.000000980. The Hall–Kier alpha value is 0.0700. The second kappa shape index (κ2) is 4.73. The zero-order valence-corrected chi connectivity index (χ0v) is 9.97. The molecule has 0 aromatic carbocycles. The van der Waals surface area contributed by atoms with Crippen molar-refractivity contribution in [2.24, 2.45) is 0 Å². The van der Waals surface area contributed by atoms with Gasteiger partial charge in [0.1, 0.15) is 0 Å². The quantitative estimate of drug-likeness (QED) is 0.717. The number of piperidine rings is 1. The maximum Gasteiger partial charge on any atom is 0.234 e. The normalized spacial score (nSPS) is 29.8. The minimum Gasteiger partial charge on any atom is -0.341 e. The molecular formula is C9H17ClN2OS. The third-order valence-electron chi connectivity index (χ3n) is 2.79. The van der Waals surface area contributed by atoms with E-state index in [2.05, 4.69) is 17.6 Å². The van der Waals surface area contributed by atoms with Crippen molar-refractivity contribution in [1.29, 1.82) is 0 Å². The molecule has 1 spiro atoms. The topological polar surface area (TPSA) is 41.1 Å². The van der Waals surface area contributed by atoms with Crippen LogP contribution in [-0.4, -0.2) is 29.1 Å². The van der Waals surface area contributed by atoms with Gasteiger partial charge in [-0.2, -0.15) is 0 Å². The fourth-order valence-corrected chi connectivity index (χ4v) is 3.48. The Bertz CT molecular complexity index is 219. The Kier molecular flexibility index (Phi) is 4.10. The van der Waals surface area contributed by atoms with Gasteiger partial charge in [-0.15, -0.1) is 24.2 Å². The highest BCUT2D eigenvalue weighted by Crippen LogP contribution is 2.40. The fourth-order valence-electron chi connectivity index (χ4n) is 2.00. The summed E-state index contributed by atoms with van der Waals surface area (Å²) < 4.78 is 0. The molecule has 0 saturated carbocycles. The third kappa shape index (κ3) is 2.18. The monoisotopic (exact) mass is 236 g/mol. The number of carbonyl (C=O) groups is 1. The van der Waals surface area contributed by atoms with Crippen LogP contribution in [0.1, 0.15) is 26.2 Å². The summed E-state index contributed by atoms with van der Waals surface area (Å²) >= 11 is 1.84. The molecule has 14 heavy (non-hydrogen) atoms. The van der Waals surface area contributed by atoms with Crippen LogP contribution in [0.4, 0.5) is 0 Å². The lowest BCUT2D eigenvalue weighted by atomic mass is 10.1.